The summed E-state index contributed by atoms with van der Waals surface area (Å²) in [5.74, 6) is 0.384. The summed E-state index contributed by atoms with van der Waals surface area (Å²) >= 11 is 0. The van der Waals surface area contributed by atoms with Crippen molar-refractivity contribution in [3.05, 3.63) is 24.2 Å². The number of ether oxygens (including phenoxy) is 1. The van der Waals surface area contributed by atoms with Gasteiger partial charge in [-0.3, -0.25) is 14.5 Å². The zero-order valence-corrected chi connectivity index (χ0v) is 13.6. The smallest absolute Gasteiger partial charge is 0.289 e. The zero-order valence-electron chi connectivity index (χ0n) is 13.6. The lowest BCUT2D eigenvalue weighted by Crippen LogP contribution is -2.49. The normalized spacial score (nSPS) is 15.6. The second-order valence-electron chi connectivity index (χ2n) is 5.56. The van der Waals surface area contributed by atoms with Gasteiger partial charge in [0.15, 0.2) is 5.76 Å². The zero-order chi connectivity index (χ0) is 16.5. The molecule has 0 radical (unpaired) electrons. The molecule has 0 saturated carbocycles. The van der Waals surface area contributed by atoms with Gasteiger partial charge in [-0.2, -0.15) is 0 Å². The summed E-state index contributed by atoms with van der Waals surface area (Å²) < 4.78 is 10.1. The van der Waals surface area contributed by atoms with Crippen LogP contribution in [0, 0.1) is 0 Å². The van der Waals surface area contributed by atoms with Gasteiger partial charge in [-0.15, -0.1) is 0 Å². The molecule has 1 aliphatic heterocycles. The van der Waals surface area contributed by atoms with E-state index >= 15 is 0 Å². The molecule has 1 aromatic heterocycles. The molecule has 2 amide bonds. The van der Waals surface area contributed by atoms with Crippen molar-refractivity contribution in [3.63, 3.8) is 0 Å². The molecule has 1 saturated heterocycles. The predicted molar refractivity (Wildman–Crippen MR) is 85.2 cm³/mol. The van der Waals surface area contributed by atoms with Gasteiger partial charge in [0.05, 0.1) is 6.26 Å². The van der Waals surface area contributed by atoms with Crippen LogP contribution in [0.2, 0.25) is 0 Å². The Balaban J connectivity index is 1.61. The van der Waals surface area contributed by atoms with E-state index in [1.165, 1.54) is 6.26 Å². The quantitative estimate of drug-likeness (QED) is 0.708. The summed E-state index contributed by atoms with van der Waals surface area (Å²) in [5.41, 5.74) is 0. The fourth-order valence-corrected chi connectivity index (χ4v) is 2.52. The number of nitrogens with zero attached hydrogens (tertiary/aromatic N) is 2. The number of carbonyl (C=O) groups is 2. The molecule has 0 spiro atoms. The summed E-state index contributed by atoms with van der Waals surface area (Å²) in [6.07, 6.45) is 2.82. The number of methoxy groups -OCH3 is 1. The molecule has 7 heteroatoms. The number of piperazine rings is 1. The minimum absolute atomic E-state index is 0.0643. The topological polar surface area (TPSA) is 75.0 Å². The van der Waals surface area contributed by atoms with Crippen LogP contribution in [0.3, 0.4) is 0 Å². The van der Waals surface area contributed by atoms with E-state index in [0.29, 0.717) is 38.4 Å². The first-order valence-electron chi connectivity index (χ1n) is 8.01. The molecule has 1 fully saturated rings. The number of hydrogen-bond donors (Lipinski definition) is 1. The highest BCUT2D eigenvalue weighted by Crippen LogP contribution is 2.09. The lowest BCUT2D eigenvalue weighted by atomic mass is 10.2. The van der Waals surface area contributed by atoms with Crippen LogP contribution in [0.15, 0.2) is 22.8 Å². The number of furan rings is 1. The second-order valence-corrected chi connectivity index (χ2v) is 5.56. The molecule has 2 heterocycles. The van der Waals surface area contributed by atoms with Gasteiger partial charge in [0.2, 0.25) is 5.91 Å². The molecule has 0 atom stereocenters. The van der Waals surface area contributed by atoms with Crippen molar-refractivity contribution in [2.24, 2.45) is 0 Å². The molecule has 1 aliphatic rings. The Hall–Kier alpha value is -1.86. The van der Waals surface area contributed by atoms with E-state index in [4.69, 9.17) is 9.15 Å². The Labute approximate surface area is 136 Å². The third-order valence-corrected chi connectivity index (χ3v) is 3.89. The summed E-state index contributed by atoms with van der Waals surface area (Å²) in [6, 6.07) is 3.40. The van der Waals surface area contributed by atoms with Crippen molar-refractivity contribution in [2.45, 2.75) is 12.8 Å². The van der Waals surface area contributed by atoms with Crippen molar-refractivity contribution >= 4 is 11.8 Å². The number of carbonyl (C=O) groups excluding carboxylic acids is 2. The predicted octanol–water partition coefficient (Wildman–Crippen LogP) is 0.580. The van der Waals surface area contributed by atoms with Gasteiger partial charge in [-0.1, -0.05) is 0 Å². The number of amides is 2. The summed E-state index contributed by atoms with van der Waals surface area (Å²) in [6.45, 7) is 4.92. The van der Waals surface area contributed by atoms with E-state index in [1.54, 1.807) is 24.1 Å². The van der Waals surface area contributed by atoms with Crippen LogP contribution in [-0.4, -0.2) is 74.6 Å². The first kappa shape index (κ1) is 17.5. The highest BCUT2D eigenvalue weighted by atomic mass is 16.5. The summed E-state index contributed by atoms with van der Waals surface area (Å²) in [7, 11) is 1.65. The summed E-state index contributed by atoms with van der Waals surface area (Å²) in [5, 5.41) is 2.88. The molecule has 0 bridgehead atoms. The van der Waals surface area contributed by atoms with Crippen LogP contribution in [0.25, 0.3) is 0 Å². The van der Waals surface area contributed by atoms with Gasteiger partial charge in [-0.25, -0.2) is 0 Å². The molecule has 7 nitrogen and oxygen atoms in total. The largest absolute Gasteiger partial charge is 0.459 e. The van der Waals surface area contributed by atoms with E-state index in [1.807, 2.05) is 0 Å². The van der Waals surface area contributed by atoms with Crippen LogP contribution in [0.1, 0.15) is 23.4 Å². The Morgan fingerprint density at radius 1 is 1.30 bits per heavy atom. The third-order valence-electron chi connectivity index (χ3n) is 3.89. The first-order chi connectivity index (χ1) is 11.2. The number of nitrogens with one attached hydrogen (secondary N) is 1. The average Bonchev–Trinajstić information content (AvgIpc) is 3.11. The van der Waals surface area contributed by atoms with E-state index in [-0.39, 0.29) is 11.8 Å². The SMILES string of the molecule is COCCCNC(=O)CCN1CCN(C(=O)c2ccco2)CC1. The van der Waals surface area contributed by atoms with Crippen LogP contribution in [-0.2, 0) is 9.53 Å². The standard InChI is InChI=1S/C16H25N3O4/c1-22-12-3-6-17-15(20)5-7-18-8-10-19(11-9-18)16(21)14-4-2-13-23-14/h2,4,13H,3,5-12H2,1H3,(H,17,20). The molecular weight excluding hydrogens is 298 g/mol. The van der Waals surface area contributed by atoms with Crippen LogP contribution in [0.4, 0.5) is 0 Å². The highest BCUT2D eigenvalue weighted by Gasteiger charge is 2.23. The fourth-order valence-electron chi connectivity index (χ4n) is 2.52. The van der Waals surface area contributed by atoms with Crippen LogP contribution >= 0.6 is 0 Å². The lowest BCUT2D eigenvalue weighted by molar-refractivity contribution is -0.121. The fraction of sp³-hybridized carbons (Fsp3) is 0.625. The van der Waals surface area contributed by atoms with E-state index in [9.17, 15) is 9.59 Å². The van der Waals surface area contributed by atoms with E-state index < -0.39 is 0 Å². The van der Waals surface area contributed by atoms with Crippen molar-refractivity contribution < 1.29 is 18.7 Å². The van der Waals surface area contributed by atoms with Crippen LogP contribution in [0.5, 0.6) is 0 Å². The van der Waals surface area contributed by atoms with E-state index in [0.717, 1.165) is 26.1 Å². The maximum absolute atomic E-state index is 12.1. The van der Waals surface area contributed by atoms with Gasteiger partial charge in [-0.05, 0) is 18.6 Å². The molecule has 0 aromatic carbocycles. The molecule has 1 aromatic rings. The minimum atomic E-state index is -0.0643. The van der Waals surface area contributed by atoms with Gasteiger partial charge in [0.1, 0.15) is 0 Å². The minimum Gasteiger partial charge on any atom is -0.459 e. The highest BCUT2D eigenvalue weighted by molar-refractivity contribution is 5.91. The maximum Gasteiger partial charge on any atom is 0.289 e. The van der Waals surface area contributed by atoms with Gasteiger partial charge < -0.3 is 19.4 Å². The summed E-state index contributed by atoms with van der Waals surface area (Å²) in [4.78, 5) is 27.9. The molecule has 2 rings (SSSR count). The third kappa shape index (κ3) is 5.69. The number of hydrogen-bond acceptors (Lipinski definition) is 5. The average molecular weight is 323 g/mol. The molecule has 128 valence electrons. The number of rotatable bonds is 8. The Morgan fingerprint density at radius 2 is 2.09 bits per heavy atom. The van der Waals surface area contributed by atoms with Gasteiger partial charge in [0, 0.05) is 59.4 Å². The second kappa shape index (κ2) is 9.32. The van der Waals surface area contributed by atoms with Crippen molar-refractivity contribution in [3.8, 4) is 0 Å². The Morgan fingerprint density at radius 3 is 2.74 bits per heavy atom. The first-order valence-corrected chi connectivity index (χ1v) is 8.01. The lowest BCUT2D eigenvalue weighted by Gasteiger charge is -2.34. The van der Waals surface area contributed by atoms with Gasteiger partial charge >= 0.3 is 0 Å². The Bertz CT molecular complexity index is 482. The molecule has 1 N–H and O–H groups in total. The maximum atomic E-state index is 12.1. The molecule has 0 aliphatic carbocycles. The van der Waals surface area contributed by atoms with Gasteiger partial charge in [0.25, 0.3) is 5.91 Å². The molecule has 0 unspecified atom stereocenters. The van der Waals surface area contributed by atoms with Crippen molar-refractivity contribution in [1.29, 1.82) is 0 Å². The van der Waals surface area contributed by atoms with Crippen molar-refractivity contribution in [2.75, 3.05) is 53.0 Å². The monoisotopic (exact) mass is 323 g/mol. The molecule has 23 heavy (non-hydrogen) atoms. The molecular formula is C16H25N3O4. The Kier molecular flexibility index (Phi) is 7.09. The van der Waals surface area contributed by atoms with Crippen LogP contribution < -0.4 is 5.32 Å². The van der Waals surface area contributed by atoms with Crippen molar-refractivity contribution in [1.82, 2.24) is 15.1 Å². The van der Waals surface area contributed by atoms with E-state index in [2.05, 4.69) is 10.2 Å².